The van der Waals surface area contributed by atoms with Crippen molar-refractivity contribution in [2.45, 2.75) is 13.3 Å². The van der Waals surface area contributed by atoms with E-state index in [1.807, 2.05) is 6.07 Å². The highest BCUT2D eigenvalue weighted by atomic mass is 16.5. The molecule has 0 radical (unpaired) electrons. The molecule has 4 nitrogen and oxygen atoms in total. The van der Waals surface area contributed by atoms with Crippen LogP contribution < -0.4 is 4.74 Å². The molecule has 0 heterocycles. The van der Waals surface area contributed by atoms with Gasteiger partial charge in [0.2, 0.25) is 0 Å². The first-order chi connectivity index (χ1) is 6.63. The van der Waals surface area contributed by atoms with Gasteiger partial charge in [0.25, 0.3) is 0 Å². The molecule has 0 spiro atoms. The van der Waals surface area contributed by atoms with Crippen LogP contribution in [0.5, 0.6) is 11.5 Å². The lowest BCUT2D eigenvalue weighted by molar-refractivity contribution is -0.131. The molecular formula is C10H9NO3. The molecule has 0 unspecified atom stereocenters. The van der Waals surface area contributed by atoms with E-state index in [4.69, 9.17) is 10.00 Å². The van der Waals surface area contributed by atoms with Crippen LogP contribution in [0.2, 0.25) is 0 Å². The first kappa shape index (κ1) is 10.1. The highest BCUT2D eigenvalue weighted by molar-refractivity contribution is 5.69. The van der Waals surface area contributed by atoms with Gasteiger partial charge in [-0.25, -0.2) is 0 Å². The van der Waals surface area contributed by atoms with E-state index in [1.165, 1.54) is 19.1 Å². The number of nitrogens with zero attached hydrogens (tertiary/aromatic N) is 1. The lowest BCUT2D eigenvalue weighted by Gasteiger charge is -2.03. The Hall–Kier alpha value is -2.02. The normalized spacial score (nSPS) is 9.14. The maximum absolute atomic E-state index is 10.6. The van der Waals surface area contributed by atoms with Crippen LogP contribution in [-0.2, 0) is 11.2 Å². The maximum atomic E-state index is 10.6. The van der Waals surface area contributed by atoms with Gasteiger partial charge >= 0.3 is 5.97 Å². The molecular weight excluding hydrogens is 182 g/mol. The first-order valence-corrected chi connectivity index (χ1v) is 4.00. The number of aromatic hydroxyl groups is 1. The summed E-state index contributed by atoms with van der Waals surface area (Å²) in [4.78, 5) is 10.6. The number of ether oxygens (including phenoxy) is 1. The number of esters is 1. The maximum Gasteiger partial charge on any atom is 0.308 e. The van der Waals surface area contributed by atoms with Gasteiger partial charge in [-0.1, -0.05) is 6.07 Å². The minimum Gasteiger partial charge on any atom is -0.507 e. The molecule has 0 atom stereocenters. The Labute approximate surface area is 81.4 Å². The molecule has 0 bridgehead atoms. The molecule has 0 aliphatic carbocycles. The molecule has 1 aromatic rings. The van der Waals surface area contributed by atoms with Gasteiger partial charge in [0, 0.05) is 18.6 Å². The smallest absolute Gasteiger partial charge is 0.308 e. The topological polar surface area (TPSA) is 70.3 Å². The summed E-state index contributed by atoms with van der Waals surface area (Å²) in [6.45, 7) is 1.28. The third-order valence-electron chi connectivity index (χ3n) is 1.59. The number of carbonyl (C=O) groups excluding carboxylic acids is 1. The van der Waals surface area contributed by atoms with Crippen molar-refractivity contribution in [1.29, 1.82) is 5.26 Å². The van der Waals surface area contributed by atoms with E-state index in [-0.39, 0.29) is 17.9 Å². The van der Waals surface area contributed by atoms with Crippen molar-refractivity contribution in [1.82, 2.24) is 0 Å². The number of phenols is 1. The van der Waals surface area contributed by atoms with Gasteiger partial charge in [-0.3, -0.25) is 4.79 Å². The van der Waals surface area contributed by atoms with Gasteiger partial charge in [0.1, 0.15) is 11.5 Å². The summed E-state index contributed by atoms with van der Waals surface area (Å²) in [6, 6.07) is 6.32. The Balaban J connectivity index is 2.90. The fraction of sp³-hybridized carbons (Fsp3) is 0.200. The average Bonchev–Trinajstić information content (AvgIpc) is 2.09. The molecule has 0 fully saturated rings. The largest absolute Gasteiger partial charge is 0.507 e. The van der Waals surface area contributed by atoms with Gasteiger partial charge in [0.15, 0.2) is 0 Å². The Morgan fingerprint density at radius 3 is 2.86 bits per heavy atom. The van der Waals surface area contributed by atoms with E-state index in [2.05, 4.69) is 0 Å². The first-order valence-electron chi connectivity index (χ1n) is 4.00. The summed E-state index contributed by atoms with van der Waals surface area (Å²) in [5, 5.41) is 17.8. The number of phenolic OH excluding ortho intramolecular Hbond substituents is 1. The summed E-state index contributed by atoms with van der Waals surface area (Å²) in [5.74, 6) is -0.209. The summed E-state index contributed by atoms with van der Waals surface area (Å²) >= 11 is 0. The third kappa shape index (κ3) is 2.49. The van der Waals surface area contributed by atoms with E-state index in [9.17, 15) is 9.90 Å². The SMILES string of the molecule is CC(=O)Oc1ccc(CC#N)c(O)c1. The third-order valence-corrected chi connectivity index (χ3v) is 1.59. The Morgan fingerprint density at radius 2 is 2.36 bits per heavy atom. The van der Waals surface area contributed by atoms with Gasteiger partial charge in [-0.2, -0.15) is 5.26 Å². The molecule has 4 heteroatoms. The zero-order chi connectivity index (χ0) is 10.6. The van der Waals surface area contributed by atoms with Crippen LogP contribution in [0, 0.1) is 11.3 Å². The average molecular weight is 191 g/mol. The van der Waals surface area contributed by atoms with Crippen molar-refractivity contribution < 1.29 is 14.6 Å². The molecule has 72 valence electrons. The Bertz CT molecular complexity index is 393. The van der Waals surface area contributed by atoms with Gasteiger partial charge in [0.05, 0.1) is 12.5 Å². The van der Waals surface area contributed by atoms with E-state index in [0.29, 0.717) is 5.56 Å². The monoisotopic (exact) mass is 191 g/mol. The standard InChI is InChI=1S/C10H9NO3/c1-7(12)14-9-3-2-8(4-5-11)10(13)6-9/h2-3,6,13H,4H2,1H3. The van der Waals surface area contributed by atoms with Crippen LogP contribution >= 0.6 is 0 Å². The zero-order valence-electron chi connectivity index (χ0n) is 7.65. The molecule has 1 aromatic carbocycles. The van der Waals surface area contributed by atoms with Crippen LogP contribution in [0.15, 0.2) is 18.2 Å². The summed E-state index contributed by atoms with van der Waals surface area (Å²) < 4.78 is 4.75. The van der Waals surface area contributed by atoms with E-state index in [1.54, 1.807) is 6.07 Å². The molecule has 1 rings (SSSR count). The van der Waals surface area contributed by atoms with Crippen molar-refractivity contribution >= 4 is 5.97 Å². The van der Waals surface area contributed by atoms with Gasteiger partial charge in [-0.05, 0) is 6.07 Å². The van der Waals surface area contributed by atoms with Gasteiger partial charge < -0.3 is 9.84 Å². The number of benzene rings is 1. The van der Waals surface area contributed by atoms with Crippen molar-refractivity contribution in [3.05, 3.63) is 23.8 Å². The lowest BCUT2D eigenvalue weighted by atomic mass is 10.1. The van der Waals surface area contributed by atoms with Gasteiger partial charge in [-0.15, -0.1) is 0 Å². The Kier molecular flexibility index (Phi) is 3.08. The van der Waals surface area contributed by atoms with Crippen LogP contribution in [-0.4, -0.2) is 11.1 Å². The summed E-state index contributed by atoms with van der Waals surface area (Å²) in [6.07, 6.45) is 0.131. The molecule has 0 amide bonds. The quantitative estimate of drug-likeness (QED) is 0.566. The molecule has 0 aromatic heterocycles. The summed E-state index contributed by atoms with van der Waals surface area (Å²) in [5.41, 5.74) is 0.517. The fourth-order valence-electron chi connectivity index (χ4n) is 1.01. The Morgan fingerprint density at radius 1 is 1.64 bits per heavy atom. The molecule has 0 saturated heterocycles. The highest BCUT2D eigenvalue weighted by Gasteiger charge is 2.04. The second kappa shape index (κ2) is 4.28. The number of hydrogen-bond donors (Lipinski definition) is 1. The van der Waals surface area contributed by atoms with Crippen LogP contribution in [0.4, 0.5) is 0 Å². The van der Waals surface area contributed by atoms with Crippen molar-refractivity contribution in [3.63, 3.8) is 0 Å². The molecule has 0 saturated carbocycles. The second-order valence-electron chi connectivity index (χ2n) is 2.72. The van der Waals surface area contributed by atoms with Crippen molar-refractivity contribution in [3.8, 4) is 17.6 Å². The molecule has 0 aliphatic heterocycles. The van der Waals surface area contributed by atoms with Crippen molar-refractivity contribution in [2.24, 2.45) is 0 Å². The number of nitriles is 1. The zero-order valence-corrected chi connectivity index (χ0v) is 7.65. The van der Waals surface area contributed by atoms with Crippen molar-refractivity contribution in [2.75, 3.05) is 0 Å². The van der Waals surface area contributed by atoms with E-state index >= 15 is 0 Å². The minimum absolute atomic E-state index is 0.0368. The van der Waals surface area contributed by atoms with Crippen LogP contribution in [0.25, 0.3) is 0 Å². The minimum atomic E-state index is -0.447. The fourth-order valence-corrected chi connectivity index (χ4v) is 1.01. The van der Waals surface area contributed by atoms with Crippen LogP contribution in [0.1, 0.15) is 12.5 Å². The predicted octanol–water partition coefficient (Wildman–Crippen LogP) is 1.38. The molecule has 14 heavy (non-hydrogen) atoms. The predicted molar refractivity (Wildman–Crippen MR) is 48.7 cm³/mol. The highest BCUT2D eigenvalue weighted by Crippen LogP contribution is 2.23. The number of rotatable bonds is 2. The van der Waals surface area contributed by atoms with Crippen LogP contribution in [0.3, 0.4) is 0 Å². The number of hydrogen-bond acceptors (Lipinski definition) is 4. The molecule has 0 aliphatic rings. The van der Waals surface area contributed by atoms with E-state index in [0.717, 1.165) is 0 Å². The number of carbonyl (C=O) groups is 1. The van der Waals surface area contributed by atoms with E-state index < -0.39 is 5.97 Å². The lowest BCUT2D eigenvalue weighted by Crippen LogP contribution is -2.01. The molecule has 1 N–H and O–H groups in total. The second-order valence-corrected chi connectivity index (χ2v) is 2.72. The summed E-state index contributed by atoms with van der Waals surface area (Å²) in [7, 11) is 0.